The van der Waals surface area contributed by atoms with Gasteiger partial charge in [0.25, 0.3) is 0 Å². The lowest BCUT2D eigenvalue weighted by Crippen LogP contribution is -2.43. The molecule has 1 N–H and O–H groups in total. The maximum atomic E-state index is 12.5. The summed E-state index contributed by atoms with van der Waals surface area (Å²) in [7, 11) is 0. The van der Waals surface area contributed by atoms with Crippen molar-refractivity contribution in [2.75, 3.05) is 6.54 Å². The molecule has 1 heterocycles. The smallest absolute Gasteiger partial charge is 0.243 e. The van der Waals surface area contributed by atoms with Crippen molar-refractivity contribution >= 4 is 5.91 Å². The van der Waals surface area contributed by atoms with E-state index in [4.69, 9.17) is 0 Å². The summed E-state index contributed by atoms with van der Waals surface area (Å²) >= 11 is 0. The predicted octanol–water partition coefficient (Wildman–Crippen LogP) is 2.90. The van der Waals surface area contributed by atoms with E-state index in [-0.39, 0.29) is 11.7 Å². The molecule has 1 aliphatic carbocycles. The summed E-state index contributed by atoms with van der Waals surface area (Å²) in [5, 5.41) is 3.52. The number of hydrogen-bond acceptors (Lipinski definition) is 2. The van der Waals surface area contributed by atoms with E-state index in [1.165, 1.54) is 32.1 Å². The van der Waals surface area contributed by atoms with Gasteiger partial charge in [0, 0.05) is 6.54 Å². The molecule has 104 valence electrons. The summed E-state index contributed by atoms with van der Waals surface area (Å²) in [5.41, 5.74) is -0.323. The quantitative estimate of drug-likeness (QED) is 0.816. The van der Waals surface area contributed by atoms with Gasteiger partial charge in [0.2, 0.25) is 5.91 Å². The van der Waals surface area contributed by atoms with Crippen LogP contribution in [0.2, 0.25) is 0 Å². The van der Waals surface area contributed by atoms with Crippen LogP contribution in [0, 0.1) is 5.92 Å². The molecule has 1 saturated heterocycles. The van der Waals surface area contributed by atoms with E-state index in [2.05, 4.69) is 24.1 Å². The second kappa shape index (κ2) is 5.60. The molecule has 0 aromatic heterocycles. The highest BCUT2D eigenvalue weighted by atomic mass is 16.2. The van der Waals surface area contributed by atoms with E-state index in [0.717, 1.165) is 25.3 Å². The van der Waals surface area contributed by atoms with Crippen LogP contribution in [-0.4, -0.2) is 29.1 Å². The monoisotopic (exact) mass is 252 g/mol. The Morgan fingerprint density at radius 3 is 2.56 bits per heavy atom. The summed E-state index contributed by atoms with van der Waals surface area (Å²) in [4.78, 5) is 14.6. The lowest BCUT2D eigenvalue weighted by Gasteiger charge is -2.24. The van der Waals surface area contributed by atoms with E-state index in [1.54, 1.807) is 0 Å². The number of carbonyl (C=O) groups excluding carboxylic acids is 1. The molecule has 2 unspecified atom stereocenters. The van der Waals surface area contributed by atoms with Gasteiger partial charge in [-0.2, -0.15) is 0 Å². The van der Waals surface area contributed by atoms with Crippen LogP contribution in [-0.2, 0) is 4.79 Å². The Hall–Kier alpha value is -0.570. The second-order valence-electron chi connectivity index (χ2n) is 6.19. The minimum atomic E-state index is -0.323. The SMILES string of the molecule is CCC1NC(C)(CC)C(=O)N1CCC1CCCC1. The molecule has 1 saturated carbocycles. The summed E-state index contributed by atoms with van der Waals surface area (Å²) < 4.78 is 0. The molecule has 18 heavy (non-hydrogen) atoms. The van der Waals surface area contributed by atoms with Gasteiger partial charge in [-0.15, -0.1) is 0 Å². The number of hydrogen-bond donors (Lipinski definition) is 1. The van der Waals surface area contributed by atoms with E-state index >= 15 is 0 Å². The molecule has 2 fully saturated rings. The first-order chi connectivity index (χ1) is 8.60. The van der Waals surface area contributed by atoms with Gasteiger partial charge in [-0.25, -0.2) is 0 Å². The molecule has 2 aliphatic rings. The van der Waals surface area contributed by atoms with Crippen LogP contribution in [0.25, 0.3) is 0 Å². The van der Waals surface area contributed by atoms with Gasteiger partial charge in [-0.1, -0.05) is 39.5 Å². The number of amides is 1. The zero-order chi connectivity index (χ0) is 13.2. The van der Waals surface area contributed by atoms with Gasteiger partial charge >= 0.3 is 0 Å². The fourth-order valence-electron chi connectivity index (χ4n) is 3.42. The van der Waals surface area contributed by atoms with Crippen LogP contribution in [0.5, 0.6) is 0 Å². The topological polar surface area (TPSA) is 32.3 Å². The number of nitrogens with one attached hydrogen (secondary N) is 1. The minimum Gasteiger partial charge on any atom is -0.326 e. The van der Waals surface area contributed by atoms with Crippen LogP contribution in [0.4, 0.5) is 0 Å². The summed E-state index contributed by atoms with van der Waals surface area (Å²) in [6, 6.07) is 0. The molecule has 0 aromatic rings. The van der Waals surface area contributed by atoms with E-state index < -0.39 is 0 Å². The van der Waals surface area contributed by atoms with Crippen molar-refractivity contribution in [3.63, 3.8) is 0 Å². The Morgan fingerprint density at radius 1 is 1.33 bits per heavy atom. The van der Waals surface area contributed by atoms with Crippen LogP contribution in [0.3, 0.4) is 0 Å². The van der Waals surface area contributed by atoms with E-state index in [0.29, 0.717) is 5.91 Å². The van der Waals surface area contributed by atoms with Crippen molar-refractivity contribution in [3.05, 3.63) is 0 Å². The van der Waals surface area contributed by atoms with Crippen molar-refractivity contribution in [2.45, 2.75) is 77.4 Å². The maximum absolute atomic E-state index is 12.5. The minimum absolute atomic E-state index is 0.254. The predicted molar refractivity (Wildman–Crippen MR) is 74.2 cm³/mol. The first kappa shape index (κ1) is 13.9. The van der Waals surface area contributed by atoms with Gasteiger partial charge in [-0.05, 0) is 32.1 Å². The first-order valence-corrected chi connectivity index (χ1v) is 7.69. The molecule has 1 aliphatic heterocycles. The molecule has 0 aromatic carbocycles. The maximum Gasteiger partial charge on any atom is 0.243 e. The van der Waals surface area contributed by atoms with Crippen molar-refractivity contribution < 1.29 is 4.79 Å². The lowest BCUT2D eigenvalue weighted by atomic mass is 9.99. The Kier molecular flexibility index (Phi) is 4.31. The number of rotatable bonds is 5. The average Bonchev–Trinajstić information content (AvgIpc) is 2.96. The molecule has 2 rings (SSSR count). The fraction of sp³-hybridized carbons (Fsp3) is 0.933. The van der Waals surface area contributed by atoms with Crippen molar-refractivity contribution in [3.8, 4) is 0 Å². The van der Waals surface area contributed by atoms with Crippen molar-refractivity contribution in [2.24, 2.45) is 5.92 Å². The molecular weight excluding hydrogens is 224 g/mol. The highest BCUT2D eigenvalue weighted by Crippen LogP contribution is 2.30. The van der Waals surface area contributed by atoms with Gasteiger partial charge in [0.1, 0.15) is 0 Å². The van der Waals surface area contributed by atoms with Crippen LogP contribution >= 0.6 is 0 Å². The highest BCUT2D eigenvalue weighted by Gasteiger charge is 2.45. The Labute approximate surface area is 111 Å². The summed E-state index contributed by atoms with van der Waals surface area (Å²) in [6.07, 6.45) is 8.86. The number of nitrogens with zero attached hydrogens (tertiary/aromatic N) is 1. The lowest BCUT2D eigenvalue weighted by molar-refractivity contribution is -0.133. The Balaban J connectivity index is 1.94. The molecule has 0 radical (unpaired) electrons. The zero-order valence-corrected chi connectivity index (χ0v) is 12.2. The van der Waals surface area contributed by atoms with Gasteiger partial charge in [-0.3, -0.25) is 10.1 Å². The average molecular weight is 252 g/mol. The Morgan fingerprint density at radius 2 is 2.00 bits per heavy atom. The fourth-order valence-corrected chi connectivity index (χ4v) is 3.42. The van der Waals surface area contributed by atoms with Gasteiger partial charge in [0.15, 0.2) is 0 Å². The van der Waals surface area contributed by atoms with Crippen LogP contribution < -0.4 is 5.32 Å². The molecule has 0 spiro atoms. The van der Waals surface area contributed by atoms with Gasteiger partial charge < -0.3 is 4.90 Å². The zero-order valence-electron chi connectivity index (χ0n) is 12.2. The van der Waals surface area contributed by atoms with E-state index in [9.17, 15) is 4.79 Å². The van der Waals surface area contributed by atoms with E-state index in [1.807, 2.05) is 6.92 Å². The molecule has 0 bridgehead atoms. The standard InChI is InChI=1S/C15H28N2O/c1-4-13-16-15(3,5-2)14(18)17(13)11-10-12-8-6-7-9-12/h12-13,16H,4-11H2,1-3H3. The normalized spacial score (nSPS) is 33.6. The molecule has 3 heteroatoms. The molecule has 2 atom stereocenters. The van der Waals surface area contributed by atoms with Crippen LogP contribution in [0.1, 0.15) is 65.7 Å². The second-order valence-corrected chi connectivity index (χ2v) is 6.19. The van der Waals surface area contributed by atoms with Crippen molar-refractivity contribution in [1.29, 1.82) is 0 Å². The third-order valence-corrected chi connectivity index (χ3v) is 4.94. The highest BCUT2D eigenvalue weighted by molar-refractivity contribution is 5.88. The summed E-state index contributed by atoms with van der Waals surface area (Å²) in [6.45, 7) is 7.26. The number of carbonyl (C=O) groups is 1. The largest absolute Gasteiger partial charge is 0.326 e. The molecular formula is C15H28N2O. The summed E-state index contributed by atoms with van der Waals surface area (Å²) in [5.74, 6) is 1.18. The van der Waals surface area contributed by atoms with Crippen LogP contribution in [0.15, 0.2) is 0 Å². The molecule has 1 amide bonds. The van der Waals surface area contributed by atoms with Crippen molar-refractivity contribution in [1.82, 2.24) is 10.2 Å². The first-order valence-electron chi connectivity index (χ1n) is 7.69. The third-order valence-electron chi connectivity index (χ3n) is 4.94. The Bertz CT molecular complexity index is 299. The third kappa shape index (κ3) is 2.56. The molecule has 3 nitrogen and oxygen atoms in total. The van der Waals surface area contributed by atoms with Gasteiger partial charge in [0.05, 0.1) is 11.7 Å².